The average Bonchev–Trinajstić information content (AvgIpc) is 3.53. The Balaban J connectivity index is 1.42. The number of para-hydroxylation sites is 2. The summed E-state index contributed by atoms with van der Waals surface area (Å²) in [6.45, 7) is 2.09. The first-order chi connectivity index (χ1) is 25.6. The number of aromatic nitrogens is 1. The van der Waals surface area contributed by atoms with Gasteiger partial charge in [-0.2, -0.15) is 5.26 Å². The van der Waals surface area contributed by atoms with Gasteiger partial charge in [0.05, 0.1) is 16.6 Å². The lowest BCUT2D eigenvalue weighted by atomic mass is 9.72. The maximum absolute atomic E-state index is 11.2. The average molecular weight is 665 g/mol. The minimum absolute atomic E-state index is 0.654. The lowest BCUT2D eigenvalue weighted by Crippen LogP contribution is -2.40. The molecular formula is C49H32N2O. The summed E-state index contributed by atoms with van der Waals surface area (Å²) < 4.78 is 9.19. The molecule has 0 spiro atoms. The molecule has 10 rings (SSSR count). The van der Waals surface area contributed by atoms with E-state index in [0.29, 0.717) is 5.56 Å². The third kappa shape index (κ3) is 4.31. The number of hydrogen-bond donors (Lipinski definition) is 0. The van der Waals surface area contributed by atoms with Gasteiger partial charge in [0.25, 0.3) is 0 Å². The Morgan fingerprint density at radius 1 is 0.481 bits per heavy atom. The van der Waals surface area contributed by atoms with E-state index in [9.17, 15) is 5.26 Å². The predicted molar refractivity (Wildman–Crippen MR) is 212 cm³/mol. The minimum atomic E-state index is -0.974. The van der Waals surface area contributed by atoms with Crippen LogP contribution < -0.4 is 4.74 Å². The summed E-state index contributed by atoms with van der Waals surface area (Å²) in [6.07, 6.45) is 0. The minimum Gasteiger partial charge on any atom is -0.457 e. The standard InChI is InChI=1S/C49H32N2O/c1-32-20-24-38-37(28-32)21-25-42(41(38)31-50)49(43-16-8-10-18-47(43)52-48-19-11-9-17-44(48)49)51-45-26-22-35(33-12-4-2-5-13-33)29-39(45)40-30-36(23-27-46(40)51)34-14-6-3-7-15-34/h2-30H,1H3. The molecule has 0 fully saturated rings. The van der Waals surface area contributed by atoms with Gasteiger partial charge in [0.15, 0.2) is 0 Å². The predicted octanol–water partition coefficient (Wildman–Crippen LogP) is 12.4. The molecular weight excluding hydrogens is 633 g/mol. The number of fused-ring (bicyclic) bond motifs is 6. The zero-order chi connectivity index (χ0) is 34.8. The van der Waals surface area contributed by atoms with Crippen LogP contribution >= 0.6 is 0 Å². The second kappa shape index (κ2) is 11.6. The van der Waals surface area contributed by atoms with Crippen molar-refractivity contribution >= 4 is 32.6 Å². The van der Waals surface area contributed by atoms with Crippen molar-refractivity contribution < 1.29 is 4.74 Å². The number of nitriles is 1. The van der Waals surface area contributed by atoms with E-state index >= 15 is 0 Å². The highest BCUT2D eigenvalue weighted by atomic mass is 16.5. The Morgan fingerprint density at radius 2 is 1.02 bits per heavy atom. The highest BCUT2D eigenvalue weighted by Crippen LogP contribution is 2.56. The molecule has 1 aliphatic heterocycles. The van der Waals surface area contributed by atoms with E-state index in [-0.39, 0.29) is 0 Å². The van der Waals surface area contributed by atoms with E-state index in [1.165, 1.54) is 0 Å². The molecule has 0 aliphatic carbocycles. The largest absolute Gasteiger partial charge is 0.457 e. The number of ether oxygens (including phenoxy) is 1. The molecule has 3 nitrogen and oxygen atoms in total. The fourth-order valence-electron chi connectivity index (χ4n) is 8.50. The maximum Gasteiger partial charge on any atom is 0.133 e. The van der Waals surface area contributed by atoms with Crippen LogP contribution in [0.3, 0.4) is 0 Å². The Bertz CT molecular complexity index is 2750. The summed E-state index contributed by atoms with van der Waals surface area (Å²) in [5.41, 5.74) is 10.5. The van der Waals surface area contributed by atoms with Gasteiger partial charge in [0.2, 0.25) is 0 Å². The van der Waals surface area contributed by atoms with Crippen LogP contribution in [0, 0.1) is 18.3 Å². The highest BCUT2D eigenvalue weighted by Gasteiger charge is 2.48. The van der Waals surface area contributed by atoms with E-state index in [0.717, 1.165) is 88.6 Å². The van der Waals surface area contributed by atoms with Crippen molar-refractivity contribution in [2.45, 2.75) is 12.5 Å². The van der Waals surface area contributed by atoms with Crippen LogP contribution in [0.15, 0.2) is 176 Å². The molecule has 0 N–H and O–H groups in total. The number of aryl methyl sites for hydroxylation is 1. The monoisotopic (exact) mass is 664 g/mol. The van der Waals surface area contributed by atoms with Crippen molar-refractivity contribution in [2.24, 2.45) is 0 Å². The summed E-state index contributed by atoms with van der Waals surface area (Å²) in [6, 6.07) is 64.8. The first-order valence-electron chi connectivity index (χ1n) is 17.7. The van der Waals surface area contributed by atoms with Gasteiger partial charge in [-0.05, 0) is 76.3 Å². The van der Waals surface area contributed by atoms with Crippen LogP contribution in [0.1, 0.15) is 27.8 Å². The van der Waals surface area contributed by atoms with Crippen LogP contribution in [0.5, 0.6) is 11.5 Å². The lowest BCUT2D eigenvalue weighted by molar-refractivity contribution is 0.400. The van der Waals surface area contributed by atoms with Gasteiger partial charge in [0, 0.05) is 27.5 Å². The molecule has 0 bridgehead atoms. The SMILES string of the molecule is Cc1ccc2c(C#N)c(C3(n4c5ccc(-c6ccccc6)cc5c5cc(-c6ccccc6)ccc54)c4ccccc4Oc4ccccc43)ccc2c1. The summed E-state index contributed by atoms with van der Waals surface area (Å²) in [5, 5.41) is 15.5. The van der Waals surface area contributed by atoms with Crippen LogP contribution in [0.2, 0.25) is 0 Å². The highest BCUT2D eigenvalue weighted by molar-refractivity contribution is 6.11. The van der Waals surface area contributed by atoms with Crippen LogP contribution in [0.4, 0.5) is 0 Å². The smallest absolute Gasteiger partial charge is 0.133 e. The van der Waals surface area contributed by atoms with Gasteiger partial charge in [-0.25, -0.2) is 0 Å². The summed E-state index contributed by atoms with van der Waals surface area (Å²) in [4.78, 5) is 0. The Labute approximate surface area is 302 Å². The van der Waals surface area contributed by atoms with Crippen molar-refractivity contribution in [2.75, 3.05) is 0 Å². The topological polar surface area (TPSA) is 38.0 Å². The maximum atomic E-state index is 11.2. The Kier molecular flexibility index (Phi) is 6.68. The van der Waals surface area contributed by atoms with Crippen molar-refractivity contribution in [1.29, 1.82) is 5.26 Å². The Morgan fingerprint density at radius 3 is 1.58 bits per heavy atom. The first-order valence-corrected chi connectivity index (χ1v) is 17.7. The van der Waals surface area contributed by atoms with Gasteiger partial charge in [-0.1, -0.05) is 145 Å². The van der Waals surface area contributed by atoms with Gasteiger partial charge < -0.3 is 9.30 Å². The third-order valence-corrected chi connectivity index (χ3v) is 10.8. The number of rotatable bonds is 4. The molecule has 8 aromatic carbocycles. The molecule has 0 unspecified atom stereocenters. The van der Waals surface area contributed by atoms with E-state index in [1.54, 1.807) is 0 Å². The molecule has 3 heteroatoms. The van der Waals surface area contributed by atoms with E-state index < -0.39 is 5.54 Å². The molecule has 0 saturated heterocycles. The molecule has 2 heterocycles. The van der Waals surface area contributed by atoms with Crippen LogP contribution in [0.25, 0.3) is 54.8 Å². The van der Waals surface area contributed by atoms with E-state index in [1.807, 2.05) is 24.3 Å². The van der Waals surface area contributed by atoms with Crippen molar-refractivity contribution in [3.8, 4) is 39.8 Å². The first kappa shape index (κ1) is 30.0. The molecule has 1 aliphatic rings. The molecule has 0 radical (unpaired) electrons. The second-order valence-electron chi connectivity index (χ2n) is 13.7. The zero-order valence-electron chi connectivity index (χ0n) is 28.5. The summed E-state index contributed by atoms with van der Waals surface area (Å²) in [7, 11) is 0. The van der Waals surface area contributed by atoms with Gasteiger partial charge in [-0.15, -0.1) is 0 Å². The number of hydrogen-bond acceptors (Lipinski definition) is 2. The summed E-state index contributed by atoms with van der Waals surface area (Å²) in [5.74, 6) is 1.54. The number of nitrogens with zero attached hydrogens (tertiary/aromatic N) is 2. The van der Waals surface area contributed by atoms with E-state index in [4.69, 9.17) is 4.74 Å². The lowest BCUT2D eigenvalue weighted by Gasteiger charge is -2.43. The van der Waals surface area contributed by atoms with Gasteiger partial charge >= 0.3 is 0 Å². The fourth-order valence-corrected chi connectivity index (χ4v) is 8.50. The van der Waals surface area contributed by atoms with Crippen molar-refractivity contribution in [3.05, 3.63) is 204 Å². The van der Waals surface area contributed by atoms with Crippen molar-refractivity contribution in [1.82, 2.24) is 4.57 Å². The fraction of sp³-hybridized carbons (Fsp3) is 0.0408. The van der Waals surface area contributed by atoms with Gasteiger partial charge in [-0.3, -0.25) is 0 Å². The summed E-state index contributed by atoms with van der Waals surface area (Å²) >= 11 is 0. The normalized spacial score (nSPS) is 13.0. The van der Waals surface area contributed by atoms with Gasteiger partial charge in [0.1, 0.15) is 23.1 Å². The molecule has 9 aromatic rings. The third-order valence-electron chi connectivity index (χ3n) is 10.8. The quantitative estimate of drug-likeness (QED) is 0.188. The van der Waals surface area contributed by atoms with Crippen molar-refractivity contribution in [3.63, 3.8) is 0 Å². The van der Waals surface area contributed by atoms with Crippen LogP contribution in [-0.2, 0) is 5.54 Å². The second-order valence-corrected chi connectivity index (χ2v) is 13.7. The van der Waals surface area contributed by atoms with Crippen LogP contribution in [-0.4, -0.2) is 4.57 Å². The molecule has 0 atom stereocenters. The molecule has 1 aromatic heterocycles. The molecule has 0 saturated carbocycles. The van der Waals surface area contributed by atoms with E-state index in [2.05, 4.69) is 169 Å². The zero-order valence-corrected chi connectivity index (χ0v) is 28.5. The number of benzene rings is 8. The molecule has 52 heavy (non-hydrogen) atoms. The molecule has 0 amide bonds. The Hall–Kier alpha value is -6.89. The molecule has 244 valence electrons.